The second-order valence-electron chi connectivity index (χ2n) is 4.89. The molecular formula is C13H20O. The van der Waals surface area contributed by atoms with E-state index >= 15 is 0 Å². The molecule has 0 N–H and O–H groups in total. The van der Waals surface area contributed by atoms with Gasteiger partial charge < -0.3 is 0 Å². The Morgan fingerprint density at radius 3 is 2.71 bits per heavy atom. The molecule has 1 nitrogen and oxygen atoms in total. The lowest BCUT2D eigenvalue weighted by Gasteiger charge is -2.36. The maximum Gasteiger partial charge on any atom is 0.134 e. The van der Waals surface area contributed by atoms with Crippen LogP contribution in [0.2, 0.25) is 0 Å². The van der Waals surface area contributed by atoms with Gasteiger partial charge in [-0.05, 0) is 17.8 Å². The normalized spacial score (nSPS) is 29.2. The van der Waals surface area contributed by atoms with Crippen LogP contribution in [0.5, 0.6) is 0 Å². The zero-order valence-electron chi connectivity index (χ0n) is 9.47. The number of Topliss-reactive ketones (excluding diaryl/α,β-unsaturated/α-hetero) is 1. The van der Waals surface area contributed by atoms with Crippen LogP contribution in [0, 0.1) is 11.3 Å². The number of hydrogen-bond donors (Lipinski definition) is 0. The molecule has 0 aliphatic heterocycles. The van der Waals surface area contributed by atoms with Crippen LogP contribution in [0.15, 0.2) is 24.3 Å². The van der Waals surface area contributed by atoms with Crippen LogP contribution in [-0.4, -0.2) is 5.78 Å². The van der Waals surface area contributed by atoms with Crippen LogP contribution in [0.1, 0.15) is 40.0 Å². The molecule has 0 saturated heterocycles. The number of carbonyl (C=O) groups is 1. The van der Waals surface area contributed by atoms with Gasteiger partial charge in [0.2, 0.25) is 0 Å². The molecule has 1 unspecified atom stereocenters. The number of rotatable bonds is 2. The molecule has 1 aliphatic carbocycles. The van der Waals surface area contributed by atoms with Gasteiger partial charge in [-0.2, -0.15) is 0 Å². The summed E-state index contributed by atoms with van der Waals surface area (Å²) in [4.78, 5) is 11.5. The van der Waals surface area contributed by atoms with Gasteiger partial charge in [0.1, 0.15) is 5.78 Å². The first kappa shape index (κ1) is 11.2. The van der Waals surface area contributed by atoms with Crippen molar-refractivity contribution in [3.63, 3.8) is 0 Å². The molecule has 14 heavy (non-hydrogen) atoms. The van der Waals surface area contributed by atoms with Crippen LogP contribution >= 0.6 is 0 Å². The molecular weight excluding hydrogens is 172 g/mol. The van der Waals surface area contributed by atoms with Gasteiger partial charge in [-0.1, -0.05) is 38.5 Å². The third-order valence-electron chi connectivity index (χ3n) is 2.99. The summed E-state index contributed by atoms with van der Waals surface area (Å²) in [6.45, 7) is 10.2. The van der Waals surface area contributed by atoms with Gasteiger partial charge >= 0.3 is 0 Å². The highest BCUT2D eigenvalue weighted by Crippen LogP contribution is 2.41. The minimum atomic E-state index is 0.0533. The Balaban J connectivity index is 2.90. The first-order valence-electron chi connectivity index (χ1n) is 5.30. The molecule has 1 saturated carbocycles. The Hall–Kier alpha value is -0.850. The van der Waals surface area contributed by atoms with Gasteiger partial charge in [-0.3, -0.25) is 4.79 Å². The highest BCUT2D eigenvalue weighted by molar-refractivity contribution is 5.81. The molecule has 1 atom stereocenters. The van der Waals surface area contributed by atoms with E-state index in [9.17, 15) is 4.79 Å². The van der Waals surface area contributed by atoms with E-state index in [2.05, 4.69) is 33.4 Å². The number of allylic oxidation sites excluding steroid dienone is 3. The third-order valence-corrected chi connectivity index (χ3v) is 2.99. The molecule has 0 heterocycles. The van der Waals surface area contributed by atoms with Crippen molar-refractivity contribution in [1.82, 2.24) is 0 Å². The van der Waals surface area contributed by atoms with Crippen LogP contribution in [0.3, 0.4) is 0 Å². The van der Waals surface area contributed by atoms with Gasteiger partial charge in [-0.15, -0.1) is 6.58 Å². The Morgan fingerprint density at radius 1 is 1.57 bits per heavy atom. The van der Waals surface area contributed by atoms with Gasteiger partial charge in [-0.25, -0.2) is 0 Å². The summed E-state index contributed by atoms with van der Waals surface area (Å²) in [5, 5.41) is 0. The summed E-state index contributed by atoms with van der Waals surface area (Å²) in [7, 11) is 0. The fourth-order valence-corrected chi connectivity index (χ4v) is 2.47. The Morgan fingerprint density at radius 2 is 2.21 bits per heavy atom. The third kappa shape index (κ3) is 2.34. The molecule has 1 rings (SSSR count). The average Bonchev–Trinajstić information content (AvgIpc) is 2.00. The summed E-state index contributed by atoms with van der Waals surface area (Å²) in [5.74, 6) is 0.810. The first-order valence-corrected chi connectivity index (χ1v) is 5.30. The molecule has 0 aromatic heterocycles. The van der Waals surface area contributed by atoms with E-state index in [0.29, 0.717) is 24.5 Å². The van der Waals surface area contributed by atoms with Crippen LogP contribution in [0.4, 0.5) is 0 Å². The second-order valence-corrected chi connectivity index (χ2v) is 4.89. The minimum Gasteiger partial charge on any atom is -0.300 e. The Bertz CT molecular complexity index is 271. The summed E-state index contributed by atoms with van der Waals surface area (Å²) in [6, 6.07) is 0. The molecule has 0 amide bonds. The van der Waals surface area contributed by atoms with Crippen molar-refractivity contribution in [2.24, 2.45) is 11.3 Å². The van der Waals surface area contributed by atoms with E-state index in [1.165, 1.54) is 5.57 Å². The highest BCUT2D eigenvalue weighted by Gasteiger charge is 2.34. The number of carbonyl (C=O) groups excluding carboxylic acids is 1. The monoisotopic (exact) mass is 192 g/mol. The fourth-order valence-electron chi connectivity index (χ4n) is 2.47. The zero-order chi connectivity index (χ0) is 10.8. The highest BCUT2D eigenvalue weighted by atomic mass is 16.1. The standard InChI is InChI=1S/C13H20O/c1-5-6-7-12-10(2)8-11(14)9-13(12,3)4/h5,7,10H,1,6,8-9H2,2-4H3/b12-7+. The molecule has 0 aromatic rings. The predicted octanol–water partition coefficient (Wildman–Crippen LogP) is 3.51. The SMILES string of the molecule is C=CC/C=C1\C(C)CC(=O)CC1(C)C. The maximum atomic E-state index is 11.5. The topological polar surface area (TPSA) is 17.1 Å². The lowest BCUT2D eigenvalue weighted by molar-refractivity contribution is -0.122. The minimum absolute atomic E-state index is 0.0533. The smallest absolute Gasteiger partial charge is 0.134 e. The largest absolute Gasteiger partial charge is 0.300 e. The lowest BCUT2D eigenvalue weighted by Crippen LogP contribution is -2.30. The van der Waals surface area contributed by atoms with E-state index in [1.54, 1.807) is 0 Å². The van der Waals surface area contributed by atoms with Crippen molar-refractivity contribution in [2.75, 3.05) is 0 Å². The van der Waals surface area contributed by atoms with Crippen LogP contribution in [-0.2, 0) is 4.79 Å². The van der Waals surface area contributed by atoms with E-state index < -0.39 is 0 Å². The quantitative estimate of drug-likeness (QED) is 0.612. The molecule has 1 aliphatic rings. The van der Waals surface area contributed by atoms with Gasteiger partial charge in [0.25, 0.3) is 0 Å². The number of hydrogen-bond acceptors (Lipinski definition) is 1. The predicted molar refractivity (Wildman–Crippen MR) is 60.1 cm³/mol. The molecule has 1 fully saturated rings. The van der Waals surface area contributed by atoms with Gasteiger partial charge in [0.05, 0.1) is 0 Å². The molecule has 0 spiro atoms. The van der Waals surface area contributed by atoms with E-state index in [1.807, 2.05) is 6.08 Å². The maximum absolute atomic E-state index is 11.5. The van der Waals surface area contributed by atoms with Crippen LogP contribution < -0.4 is 0 Å². The lowest BCUT2D eigenvalue weighted by atomic mass is 9.68. The van der Waals surface area contributed by atoms with Crippen molar-refractivity contribution in [1.29, 1.82) is 0 Å². The Kier molecular flexibility index (Phi) is 3.30. The van der Waals surface area contributed by atoms with E-state index in [-0.39, 0.29) is 5.41 Å². The zero-order valence-corrected chi connectivity index (χ0v) is 9.47. The Labute approximate surface area is 86.9 Å². The summed E-state index contributed by atoms with van der Waals surface area (Å²) < 4.78 is 0. The van der Waals surface area contributed by atoms with E-state index in [4.69, 9.17) is 0 Å². The van der Waals surface area contributed by atoms with Crippen LogP contribution in [0.25, 0.3) is 0 Å². The van der Waals surface area contributed by atoms with Crippen molar-refractivity contribution in [3.05, 3.63) is 24.3 Å². The average molecular weight is 192 g/mol. The fraction of sp³-hybridized carbons (Fsp3) is 0.615. The molecule has 1 heteroatoms. The van der Waals surface area contributed by atoms with Gasteiger partial charge in [0, 0.05) is 12.8 Å². The van der Waals surface area contributed by atoms with Crippen molar-refractivity contribution in [3.8, 4) is 0 Å². The van der Waals surface area contributed by atoms with Crippen molar-refractivity contribution >= 4 is 5.78 Å². The second kappa shape index (κ2) is 4.12. The molecule has 0 radical (unpaired) electrons. The summed E-state index contributed by atoms with van der Waals surface area (Å²) in [5.41, 5.74) is 1.48. The van der Waals surface area contributed by atoms with Crippen molar-refractivity contribution in [2.45, 2.75) is 40.0 Å². The van der Waals surface area contributed by atoms with Gasteiger partial charge in [0.15, 0.2) is 0 Å². The molecule has 0 bridgehead atoms. The first-order chi connectivity index (χ1) is 6.47. The van der Waals surface area contributed by atoms with E-state index in [0.717, 1.165) is 6.42 Å². The number of ketones is 1. The molecule has 78 valence electrons. The molecule has 0 aromatic carbocycles. The summed E-state index contributed by atoms with van der Waals surface area (Å²) in [6.07, 6.45) is 6.47. The summed E-state index contributed by atoms with van der Waals surface area (Å²) >= 11 is 0. The van der Waals surface area contributed by atoms with Crippen molar-refractivity contribution < 1.29 is 4.79 Å².